The minimum absolute atomic E-state index is 0.132. The third-order valence-corrected chi connectivity index (χ3v) is 14.8. The van der Waals surface area contributed by atoms with Crippen molar-refractivity contribution >= 4 is 60.4 Å². The predicted molar refractivity (Wildman–Crippen MR) is 271 cm³/mol. The van der Waals surface area contributed by atoms with Crippen molar-refractivity contribution in [1.29, 1.82) is 0 Å². The fourth-order valence-corrected chi connectivity index (χ4v) is 11.7. The zero-order valence-electron chi connectivity index (χ0n) is 36.5. The van der Waals surface area contributed by atoms with Gasteiger partial charge in [-0.2, -0.15) is 0 Å². The van der Waals surface area contributed by atoms with Gasteiger partial charge in [-0.3, -0.25) is 0 Å². The molecule has 0 fully saturated rings. The summed E-state index contributed by atoms with van der Waals surface area (Å²) in [5, 5.41) is 7.52. The molecule has 0 atom stereocenters. The highest BCUT2D eigenvalue weighted by Crippen LogP contribution is 2.56. The van der Waals surface area contributed by atoms with Gasteiger partial charge in [0.05, 0.1) is 22.4 Å². The number of anilines is 3. The first-order chi connectivity index (χ1) is 31.3. The van der Waals surface area contributed by atoms with Crippen molar-refractivity contribution in [2.45, 2.75) is 38.5 Å². The molecule has 0 radical (unpaired) electrons. The lowest BCUT2D eigenvalue weighted by Crippen LogP contribution is -2.16. The van der Waals surface area contributed by atoms with Crippen LogP contribution in [0.1, 0.15) is 49.9 Å². The highest BCUT2D eigenvalue weighted by atomic mass is 15.1. The number of fused-ring (bicyclic) bond motifs is 13. The molecule has 11 aromatic rings. The lowest BCUT2D eigenvalue weighted by Gasteiger charge is -2.29. The molecule has 2 aliphatic carbocycles. The van der Waals surface area contributed by atoms with E-state index in [1.807, 2.05) is 0 Å². The fraction of sp³-hybridized carbons (Fsp3) is 0.0968. The van der Waals surface area contributed by atoms with Crippen molar-refractivity contribution in [1.82, 2.24) is 4.57 Å². The number of benzene rings is 10. The maximum Gasteiger partial charge on any atom is 0.0568 e. The van der Waals surface area contributed by atoms with Crippen LogP contribution in [0.5, 0.6) is 0 Å². The molecule has 13 rings (SSSR count). The highest BCUT2D eigenvalue weighted by molar-refractivity contribution is 6.29. The quantitative estimate of drug-likeness (QED) is 0.168. The molecule has 0 bridgehead atoms. The molecule has 1 heterocycles. The third kappa shape index (κ3) is 5.08. The van der Waals surface area contributed by atoms with E-state index in [0.717, 1.165) is 17.1 Å². The van der Waals surface area contributed by atoms with Crippen LogP contribution in [0.25, 0.3) is 82.4 Å². The van der Waals surface area contributed by atoms with E-state index in [-0.39, 0.29) is 10.8 Å². The molecule has 0 saturated heterocycles. The molecule has 64 heavy (non-hydrogen) atoms. The van der Waals surface area contributed by atoms with Gasteiger partial charge < -0.3 is 9.47 Å². The summed E-state index contributed by atoms with van der Waals surface area (Å²) in [7, 11) is 0. The number of hydrogen-bond donors (Lipinski definition) is 0. The van der Waals surface area contributed by atoms with Crippen LogP contribution in [0.15, 0.2) is 206 Å². The topological polar surface area (TPSA) is 8.17 Å². The van der Waals surface area contributed by atoms with Crippen molar-refractivity contribution in [3.05, 3.63) is 229 Å². The number of nitrogens with zero attached hydrogens (tertiary/aromatic N) is 2. The van der Waals surface area contributed by atoms with E-state index in [4.69, 9.17) is 0 Å². The van der Waals surface area contributed by atoms with Gasteiger partial charge in [0.25, 0.3) is 0 Å². The van der Waals surface area contributed by atoms with Gasteiger partial charge in [-0.1, -0.05) is 191 Å². The van der Waals surface area contributed by atoms with Crippen LogP contribution in [0, 0.1) is 0 Å². The first-order valence-corrected chi connectivity index (χ1v) is 22.6. The van der Waals surface area contributed by atoms with Crippen molar-refractivity contribution in [2.24, 2.45) is 0 Å². The molecule has 2 aliphatic rings. The largest absolute Gasteiger partial charge is 0.310 e. The average molecular weight is 819 g/mol. The smallest absolute Gasteiger partial charge is 0.0568 e. The molecule has 0 saturated carbocycles. The van der Waals surface area contributed by atoms with Crippen LogP contribution >= 0.6 is 0 Å². The monoisotopic (exact) mass is 818 g/mol. The van der Waals surface area contributed by atoms with Gasteiger partial charge in [0.1, 0.15) is 0 Å². The Balaban J connectivity index is 1.16. The molecule has 10 aromatic carbocycles. The third-order valence-electron chi connectivity index (χ3n) is 14.8. The second-order valence-corrected chi connectivity index (χ2v) is 18.9. The van der Waals surface area contributed by atoms with Crippen LogP contribution in [0.4, 0.5) is 17.1 Å². The van der Waals surface area contributed by atoms with E-state index in [1.165, 1.54) is 105 Å². The number of rotatable bonds is 5. The van der Waals surface area contributed by atoms with Gasteiger partial charge >= 0.3 is 0 Å². The van der Waals surface area contributed by atoms with Crippen LogP contribution in [-0.2, 0) is 10.8 Å². The molecule has 0 amide bonds. The maximum atomic E-state index is 2.57. The lowest BCUT2D eigenvalue weighted by molar-refractivity contribution is 0.660. The van der Waals surface area contributed by atoms with Gasteiger partial charge in [-0.15, -0.1) is 0 Å². The van der Waals surface area contributed by atoms with E-state index < -0.39 is 0 Å². The van der Waals surface area contributed by atoms with Crippen LogP contribution in [-0.4, -0.2) is 4.57 Å². The Hall–Kier alpha value is -7.68. The Morgan fingerprint density at radius 2 is 0.969 bits per heavy atom. The first kappa shape index (κ1) is 36.9. The van der Waals surface area contributed by atoms with Crippen LogP contribution in [0.3, 0.4) is 0 Å². The Labute approximate surface area is 374 Å². The molecule has 1 aromatic heterocycles. The molecule has 304 valence electrons. The van der Waals surface area contributed by atoms with Crippen molar-refractivity contribution < 1.29 is 0 Å². The van der Waals surface area contributed by atoms with Gasteiger partial charge in [0.2, 0.25) is 0 Å². The van der Waals surface area contributed by atoms with E-state index in [9.17, 15) is 0 Å². The minimum atomic E-state index is -0.151. The SMILES string of the molecule is CC1(C)c2ccccc2-c2ccc(N(c3ccc(-c4ccccc4)cc3)c3cc4c(c5ccccc35)c3c5c(ccc3n4-c3cccc4ccccc34)C(C)(C)c3ccccc3-5)cc21. The summed E-state index contributed by atoms with van der Waals surface area (Å²) < 4.78 is 2.57. The Morgan fingerprint density at radius 1 is 0.375 bits per heavy atom. The van der Waals surface area contributed by atoms with Gasteiger partial charge in [0.15, 0.2) is 0 Å². The molecular weight excluding hydrogens is 773 g/mol. The normalized spacial score (nSPS) is 14.2. The van der Waals surface area contributed by atoms with Crippen molar-refractivity contribution in [2.75, 3.05) is 4.90 Å². The molecule has 0 spiro atoms. The van der Waals surface area contributed by atoms with Crippen LogP contribution in [0.2, 0.25) is 0 Å². The van der Waals surface area contributed by atoms with E-state index in [1.54, 1.807) is 0 Å². The second kappa shape index (κ2) is 13.4. The van der Waals surface area contributed by atoms with Gasteiger partial charge in [-0.05, 0) is 109 Å². The van der Waals surface area contributed by atoms with Gasteiger partial charge in [0, 0.05) is 43.7 Å². The molecule has 2 nitrogen and oxygen atoms in total. The lowest BCUT2D eigenvalue weighted by atomic mass is 9.82. The van der Waals surface area contributed by atoms with Crippen molar-refractivity contribution in [3.8, 4) is 39.1 Å². The molecule has 2 heteroatoms. The fourth-order valence-electron chi connectivity index (χ4n) is 11.7. The summed E-state index contributed by atoms with van der Waals surface area (Å²) >= 11 is 0. The van der Waals surface area contributed by atoms with Crippen molar-refractivity contribution in [3.63, 3.8) is 0 Å². The minimum Gasteiger partial charge on any atom is -0.310 e. The summed E-state index contributed by atoms with van der Waals surface area (Å²) in [6, 6.07) is 77.1. The van der Waals surface area contributed by atoms with E-state index in [0.29, 0.717) is 0 Å². The summed E-state index contributed by atoms with van der Waals surface area (Å²) in [5.74, 6) is 0. The van der Waals surface area contributed by atoms with Gasteiger partial charge in [-0.25, -0.2) is 0 Å². The zero-order chi connectivity index (χ0) is 42.9. The number of hydrogen-bond acceptors (Lipinski definition) is 1. The average Bonchev–Trinajstić information content (AvgIpc) is 3.88. The molecule has 0 aliphatic heterocycles. The van der Waals surface area contributed by atoms with E-state index in [2.05, 4.69) is 243 Å². The highest BCUT2D eigenvalue weighted by Gasteiger charge is 2.39. The summed E-state index contributed by atoms with van der Waals surface area (Å²) in [4.78, 5) is 2.52. The Morgan fingerprint density at radius 3 is 1.77 bits per heavy atom. The molecule has 0 unspecified atom stereocenters. The first-order valence-electron chi connectivity index (χ1n) is 22.6. The summed E-state index contributed by atoms with van der Waals surface area (Å²) in [5.41, 5.74) is 19.9. The standard InChI is InChI=1S/C62H46N2/c1-61(2)51-27-15-13-25-49(51)58-52(61)35-36-55-60(58)59-48-24-11-10-23-47(48)56(38-57(59)64(55)54-28-16-20-41-19-8-9-21-44(41)54)63(42-31-29-40(30-32-42)39-17-6-5-7-18-39)43-33-34-46-45-22-12-14-26-50(45)62(3,4)53(46)37-43/h5-38H,1-4H3. The zero-order valence-corrected chi connectivity index (χ0v) is 36.5. The summed E-state index contributed by atoms with van der Waals surface area (Å²) in [6.07, 6.45) is 0. The Kier molecular flexibility index (Phi) is 7.74. The summed E-state index contributed by atoms with van der Waals surface area (Å²) in [6.45, 7) is 9.53. The number of aromatic nitrogens is 1. The maximum absolute atomic E-state index is 2.57. The molecule has 0 N–H and O–H groups in total. The predicted octanol–water partition coefficient (Wildman–Crippen LogP) is 16.8. The molecular formula is C62H46N2. The second-order valence-electron chi connectivity index (χ2n) is 18.9. The Bertz CT molecular complexity index is 3710. The van der Waals surface area contributed by atoms with E-state index >= 15 is 0 Å². The van der Waals surface area contributed by atoms with Crippen LogP contribution < -0.4 is 4.90 Å².